The molecule has 0 aromatic carbocycles. The van der Waals surface area contributed by atoms with E-state index in [2.05, 4.69) is 5.10 Å². The first-order valence-corrected chi connectivity index (χ1v) is 5.78. The highest BCUT2D eigenvalue weighted by molar-refractivity contribution is 5.95. The minimum absolute atomic E-state index is 0.0376. The fraction of sp³-hybridized carbons (Fsp3) is 0.545. The largest absolute Gasteiger partial charge is 0.502 e. The standard InChI is InChI=1S/C11H13N3O3/c15-8-5-12-14-6-7-3-1-2-4-13(7)11(17)9(14)10(8)16/h5,7,16H,1-4,6H2. The third kappa shape index (κ3) is 1.44. The van der Waals surface area contributed by atoms with Crippen molar-refractivity contribution in [2.75, 3.05) is 6.54 Å². The maximum Gasteiger partial charge on any atom is 0.276 e. The average molecular weight is 235 g/mol. The third-order valence-corrected chi connectivity index (χ3v) is 3.50. The summed E-state index contributed by atoms with van der Waals surface area (Å²) in [5.74, 6) is -0.752. The second kappa shape index (κ2) is 3.58. The Balaban J connectivity index is 2.13. The summed E-state index contributed by atoms with van der Waals surface area (Å²) in [5.41, 5.74) is -0.560. The van der Waals surface area contributed by atoms with Gasteiger partial charge in [-0.05, 0) is 19.3 Å². The van der Waals surface area contributed by atoms with E-state index in [1.165, 1.54) is 4.68 Å². The number of rotatable bonds is 0. The zero-order valence-corrected chi connectivity index (χ0v) is 9.30. The Hall–Kier alpha value is -1.85. The van der Waals surface area contributed by atoms with Gasteiger partial charge in [-0.15, -0.1) is 0 Å². The van der Waals surface area contributed by atoms with Crippen LogP contribution in [0.4, 0.5) is 0 Å². The Morgan fingerprint density at radius 2 is 2.18 bits per heavy atom. The van der Waals surface area contributed by atoms with Gasteiger partial charge in [0.25, 0.3) is 5.91 Å². The fourth-order valence-electron chi connectivity index (χ4n) is 2.62. The van der Waals surface area contributed by atoms with Crippen LogP contribution in [-0.2, 0) is 6.54 Å². The molecule has 17 heavy (non-hydrogen) atoms. The van der Waals surface area contributed by atoms with E-state index in [1.54, 1.807) is 4.90 Å². The van der Waals surface area contributed by atoms with Gasteiger partial charge in [0, 0.05) is 6.54 Å². The monoisotopic (exact) mass is 235 g/mol. The van der Waals surface area contributed by atoms with Crippen molar-refractivity contribution in [1.29, 1.82) is 0 Å². The molecule has 1 fully saturated rings. The summed E-state index contributed by atoms with van der Waals surface area (Å²) in [6.45, 7) is 1.26. The topological polar surface area (TPSA) is 75.4 Å². The van der Waals surface area contributed by atoms with Crippen LogP contribution in [-0.4, -0.2) is 38.3 Å². The van der Waals surface area contributed by atoms with Gasteiger partial charge < -0.3 is 10.0 Å². The summed E-state index contributed by atoms with van der Waals surface area (Å²) in [7, 11) is 0. The SMILES string of the molecule is O=C1c2c(O)c(=O)cnn2CC2CCCCN12. The second-order valence-corrected chi connectivity index (χ2v) is 4.54. The van der Waals surface area contributed by atoms with Crippen molar-refractivity contribution in [2.24, 2.45) is 0 Å². The van der Waals surface area contributed by atoms with E-state index < -0.39 is 11.2 Å². The van der Waals surface area contributed by atoms with Gasteiger partial charge in [-0.25, -0.2) is 0 Å². The molecule has 90 valence electrons. The quantitative estimate of drug-likeness (QED) is 0.684. The second-order valence-electron chi connectivity index (χ2n) is 4.54. The first kappa shape index (κ1) is 10.3. The molecule has 1 aromatic heterocycles. The molecule has 1 aromatic rings. The van der Waals surface area contributed by atoms with Crippen molar-refractivity contribution in [1.82, 2.24) is 14.7 Å². The zero-order chi connectivity index (χ0) is 12.0. The lowest BCUT2D eigenvalue weighted by Crippen LogP contribution is -2.51. The lowest BCUT2D eigenvalue weighted by molar-refractivity contribution is 0.0489. The summed E-state index contributed by atoms with van der Waals surface area (Å²) in [6, 6.07) is 0.151. The molecular weight excluding hydrogens is 222 g/mol. The lowest BCUT2D eigenvalue weighted by Gasteiger charge is -2.39. The maximum atomic E-state index is 12.2. The number of nitrogens with zero attached hydrogens (tertiary/aromatic N) is 3. The van der Waals surface area contributed by atoms with Crippen molar-refractivity contribution >= 4 is 5.91 Å². The van der Waals surface area contributed by atoms with Gasteiger partial charge in [0.1, 0.15) is 0 Å². The normalized spacial score (nSPS) is 23.2. The van der Waals surface area contributed by atoms with Crippen LogP contribution in [0.25, 0.3) is 0 Å². The molecule has 0 spiro atoms. The molecule has 3 heterocycles. The highest BCUT2D eigenvalue weighted by Crippen LogP contribution is 2.27. The first-order valence-electron chi connectivity index (χ1n) is 5.78. The number of carbonyl (C=O) groups excluding carboxylic acids is 1. The number of aromatic nitrogens is 2. The van der Waals surface area contributed by atoms with Crippen LogP contribution in [0, 0.1) is 0 Å². The minimum atomic E-state index is -0.597. The number of hydrogen-bond acceptors (Lipinski definition) is 4. The van der Waals surface area contributed by atoms with Crippen LogP contribution in [0.1, 0.15) is 29.8 Å². The van der Waals surface area contributed by atoms with E-state index in [9.17, 15) is 14.7 Å². The first-order chi connectivity index (χ1) is 8.18. The molecule has 0 aliphatic carbocycles. The van der Waals surface area contributed by atoms with Crippen LogP contribution >= 0.6 is 0 Å². The Labute approximate surface area is 97.5 Å². The van der Waals surface area contributed by atoms with Crippen LogP contribution < -0.4 is 5.43 Å². The summed E-state index contributed by atoms with van der Waals surface area (Å²) in [5, 5.41) is 13.6. The van der Waals surface area contributed by atoms with E-state index >= 15 is 0 Å². The van der Waals surface area contributed by atoms with E-state index in [0.29, 0.717) is 13.1 Å². The predicted molar refractivity (Wildman–Crippen MR) is 58.8 cm³/mol. The fourth-order valence-corrected chi connectivity index (χ4v) is 2.62. The summed E-state index contributed by atoms with van der Waals surface area (Å²) in [4.78, 5) is 25.2. The molecule has 2 aliphatic rings. The van der Waals surface area contributed by atoms with Gasteiger partial charge in [0.15, 0.2) is 11.4 Å². The Bertz CT molecular complexity index is 537. The van der Waals surface area contributed by atoms with Crippen LogP contribution in [0.5, 0.6) is 5.75 Å². The van der Waals surface area contributed by atoms with Gasteiger partial charge in [-0.3, -0.25) is 14.3 Å². The molecule has 2 aliphatic heterocycles. The van der Waals surface area contributed by atoms with Crippen molar-refractivity contribution in [3.05, 3.63) is 22.1 Å². The lowest BCUT2D eigenvalue weighted by atomic mass is 9.99. The zero-order valence-electron chi connectivity index (χ0n) is 9.30. The molecule has 6 heteroatoms. The van der Waals surface area contributed by atoms with Crippen LogP contribution in [0.2, 0.25) is 0 Å². The van der Waals surface area contributed by atoms with Crippen molar-refractivity contribution in [2.45, 2.75) is 31.8 Å². The molecular formula is C11H13N3O3. The molecule has 0 bridgehead atoms. The Morgan fingerprint density at radius 1 is 1.35 bits per heavy atom. The summed E-state index contributed by atoms with van der Waals surface area (Å²) < 4.78 is 1.45. The molecule has 1 atom stereocenters. The summed E-state index contributed by atoms with van der Waals surface area (Å²) in [6.07, 6.45) is 4.10. The number of carbonyl (C=O) groups is 1. The molecule has 3 rings (SSSR count). The van der Waals surface area contributed by atoms with Crippen molar-refractivity contribution in [3.8, 4) is 5.75 Å². The van der Waals surface area contributed by atoms with Crippen molar-refractivity contribution < 1.29 is 9.90 Å². The number of piperidine rings is 1. The highest BCUT2D eigenvalue weighted by atomic mass is 16.3. The number of amides is 1. The van der Waals surface area contributed by atoms with Crippen LogP contribution in [0.15, 0.2) is 11.0 Å². The van der Waals surface area contributed by atoms with Gasteiger partial charge in [-0.1, -0.05) is 0 Å². The maximum absolute atomic E-state index is 12.2. The average Bonchev–Trinajstić information content (AvgIpc) is 2.34. The predicted octanol–water partition coefficient (Wildman–Crippen LogP) is -0.0428. The molecule has 1 saturated heterocycles. The van der Waals surface area contributed by atoms with E-state index in [1.807, 2.05) is 0 Å². The number of aromatic hydroxyl groups is 1. The van der Waals surface area contributed by atoms with E-state index in [4.69, 9.17) is 0 Å². The smallest absolute Gasteiger partial charge is 0.276 e. The van der Waals surface area contributed by atoms with Crippen LogP contribution in [0.3, 0.4) is 0 Å². The number of fused-ring (bicyclic) bond motifs is 2. The molecule has 1 N–H and O–H groups in total. The molecule has 0 saturated carbocycles. The molecule has 6 nitrogen and oxygen atoms in total. The highest BCUT2D eigenvalue weighted by Gasteiger charge is 2.36. The van der Waals surface area contributed by atoms with Gasteiger partial charge in [-0.2, -0.15) is 5.10 Å². The van der Waals surface area contributed by atoms with Gasteiger partial charge in [0.05, 0.1) is 18.8 Å². The van der Waals surface area contributed by atoms with Crippen molar-refractivity contribution in [3.63, 3.8) is 0 Å². The Morgan fingerprint density at radius 3 is 3.00 bits per heavy atom. The Kier molecular flexibility index (Phi) is 2.17. The van der Waals surface area contributed by atoms with Gasteiger partial charge >= 0.3 is 0 Å². The van der Waals surface area contributed by atoms with E-state index in [0.717, 1.165) is 25.5 Å². The van der Waals surface area contributed by atoms with Gasteiger partial charge in [0.2, 0.25) is 5.43 Å². The minimum Gasteiger partial charge on any atom is -0.502 e. The third-order valence-electron chi connectivity index (χ3n) is 3.50. The van der Waals surface area contributed by atoms with E-state index in [-0.39, 0.29) is 17.6 Å². The molecule has 1 unspecified atom stereocenters. The molecule has 0 radical (unpaired) electrons. The summed E-state index contributed by atoms with van der Waals surface area (Å²) >= 11 is 0. The molecule has 1 amide bonds. The number of hydrogen-bond donors (Lipinski definition) is 1.